The number of amides is 1. The number of nitro benzene ring substituents is 1. The normalized spacial score (nSPS) is 14.1. The molecule has 1 aromatic heterocycles. The lowest BCUT2D eigenvalue weighted by Gasteiger charge is -2.26. The molecule has 1 saturated heterocycles. The van der Waals surface area contributed by atoms with Crippen molar-refractivity contribution in [3.05, 3.63) is 88.2 Å². The van der Waals surface area contributed by atoms with Crippen LogP contribution in [0.5, 0.6) is 0 Å². The zero-order valence-corrected chi connectivity index (χ0v) is 19.6. The van der Waals surface area contributed by atoms with E-state index in [9.17, 15) is 14.9 Å². The van der Waals surface area contributed by atoms with Crippen LogP contribution in [-0.4, -0.2) is 47.1 Å². The highest BCUT2D eigenvalue weighted by molar-refractivity contribution is 7.80. The van der Waals surface area contributed by atoms with Gasteiger partial charge in [-0.15, -0.1) is 0 Å². The number of rotatable bonds is 7. The van der Waals surface area contributed by atoms with Crippen molar-refractivity contribution in [2.75, 3.05) is 31.6 Å². The molecule has 0 saturated carbocycles. The number of nitrogens with one attached hydrogen (secondary N) is 2. The third kappa shape index (κ3) is 6.82. The molecule has 1 aliphatic heterocycles. The molecule has 1 amide bonds. The molecule has 10 heteroatoms. The van der Waals surface area contributed by atoms with E-state index in [0.717, 1.165) is 38.5 Å². The molecule has 1 aliphatic rings. The molecule has 0 bridgehead atoms. The van der Waals surface area contributed by atoms with Crippen molar-refractivity contribution in [2.45, 2.75) is 6.54 Å². The summed E-state index contributed by atoms with van der Waals surface area (Å²) in [5, 5.41) is 17.0. The average molecular weight is 493 g/mol. The lowest BCUT2D eigenvalue weighted by atomic mass is 10.1. The first-order valence-electron chi connectivity index (χ1n) is 11.0. The fraction of sp³-hybridized carbons (Fsp3) is 0.200. The maximum atomic E-state index is 12.2. The third-order valence-corrected chi connectivity index (χ3v) is 5.55. The number of nitrogens with zero attached hydrogens (tertiary/aromatic N) is 2. The summed E-state index contributed by atoms with van der Waals surface area (Å²) >= 11 is 5.23. The number of thiocarbonyl (C=S) groups is 1. The third-order valence-electron chi connectivity index (χ3n) is 5.35. The molecule has 2 heterocycles. The van der Waals surface area contributed by atoms with Crippen LogP contribution in [0.15, 0.2) is 71.2 Å². The number of benzene rings is 2. The van der Waals surface area contributed by atoms with Crippen LogP contribution in [0.25, 0.3) is 17.4 Å². The van der Waals surface area contributed by atoms with Gasteiger partial charge in [-0.1, -0.05) is 24.3 Å². The number of hydrogen-bond donors (Lipinski definition) is 2. The summed E-state index contributed by atoms with van der Waals surface area (Å²) in [6.45, 7) is 4.24. The summed E-state index contributed by atoms with van der Waals surface area (Å²) in [6.07, 6.45) is 2.75. The van der Waals surface area contributed by atoms with E-state index in [4.69, 9.17) is 21.4 Å². The van der Waals surface area contributed by atoms with E-state index in [1.165, 1.54) is 23.8 Å². The van der Waals surface area contributed by atoms with Crippen molar-refractivity contribution in [3.8, 4) is 11.3 Å². The molecule has 4 rings (SSSR count). The largest absolute Gasteiger partial charge is 0.456 e. The van der Waals surface area contributed by atoms with Crippen molar-refractivity contribution in [2.24, 2.45) is 0 Å². The van der Waals surface area contributed by atoms with Crippen molar-refractivity contribution in [1.29, 1.82) is 0 Å². The Morgan fingerprint density at radius 1 is 1.09 bits per heavy atom. The van der Waals surface area contributed by atoms with Crippen molar-refractivity contribution in [1.82, 2.24) is 10.2 Å². The van der Waals surface area contributed by atoms with E-state index in [2.05, 4.69) is 15.5 Å². The second-order valence-electron chi connectivity index (χ2n) is 7.84. The van der Waals surface area contributed by atoms with Crippen molar-refractivity contribution < 1.29 is 18.9 Å². The molecule has 9 nitrogen and oxygen atoms in total. The highest BCUT2D eigenvalue weighted by atomic mass is 32.1. The second kappa shape index (κ2) is 11.5. The Bertz CT molecular complexity index is 1230. The summed E-state index contributed by atoms with van der Waals surface area (Å²) in [7, 11) is 0. The van der Waals surface area contributed by atoms with E-state index in [1.807, 2.05) is 24.3 Å². The monoisotopic (exact) mass is 492 g/mol. The smallest absolute Gasteiger partial charge is 0.280 e. The van der Waals surface area contributed by atoms with Crippen LogP contribution in [0.4, 0.5) is 11.4 Å². The van der Waals surface area contributed by atoms with Gasteiger partial charge in [0.05, 0.1) is 23.7 Å². The summed E-state index contributed by atoms with van der Waals surface area (Å²) in [4.78, 5) is 25.3. The summed E-state index contributed by atoms with van der Waals surface area (Å²) in [6, 6.07) is 17.4. The van der Waals surface area contributed by atoms with Crippen molar-refractivity contribution >= 4 is 40.7 Å². The molecule has 2 N–H and O–H groups in total. The lowest BCUT2D eigenvalue weighted by molar-refractivity contribution is -0.384. The van der Waals surface area contributed by atoms with Crippen LogP contribution in [0, 0.1) is 10.1 Å². The minimum absolute atomic E-state index is 0.0549. The minimum atomic E-state index is -0.466. The minimum Gasteiger partial charge on any atom is -0.456 e. The fourth-order valence-corrected chi connectivity index (χ4v) is 3.83. The number of nitro groups is 1. The van der Waals surface area contributed by atoms with Crippen LogP contribution in [0.1, 0.15) is 11.3 Å². The Labute approximate surface area is 207 Å². The molecule has 0 radical (unpaired) electrons. The second-order valence-corrected chi connectivity index (χ2v) is 8.25. The molecule has 0 aliphatic carbocycles. The van der Waals surface area contributed by atoms with Crippen LogP contribution in [0.3, 0.4) is 0 Å². The van der Waals surface area contributed by atoms with Gasteiger partial charge < -0.3 is 14.5 Å². The Morgan fingerprint density at radius 2 is 1.83 bits per heavy atom. The zero-order valence-electron chi connectivity index (χ0n) is 18.8. The summed E-state index contributed by atoms with van der Waals surface area (Å²) in [5.74, 6) is 0.282. The van der Waals surface area contributed by atoms with E-state index < -0.39 is 10.8 Å². The van der Waals surface area contributed by atoms with Crippen LogP contribution < -0.4 is 10.6 Å². The van der Waals surface area contributed by atoms with Gasteiger partial charge >= 0.3 is 0 Å². The standard InChI is InChI=1S/C25H24N4O5S/c30-24(12-10-20-9-11-23(34-20)21-3-1-2-4-22(21)29(31)32)27-25(35)26-19-7-5-18(6-8-19)17-28-13-15-33-16-14-28/h1-12H,13-17H2,(H2,26,27,30,35). The molecule has 0 spiro atoms. The number of ether oxygens (including phenoxy) is 1. The van der Waals surface area contributed by atoms with Gasteiger partial charge in [0.2, 0.25) is 5.91 Å². The van der Waals surface area contributed by atoms with Gasteiger partial charge in [-0.2, -0.15) is 0 Å². The van der Waals surface area contributed by atoms with E-state index in [1.54, 1.807) is 30.3 Å². The number of morpholine rings is 1. The number of carbonyl (C=O) groups is 1. The number of para-hydroxylation sites is 1. The van der Waals surface area contributed by atoms with Gasteiger partial charge in [-0.3, -0.25) is 25.1 Å². The van der Waals surface area contributed by atoms with Crippen LogP contribution >= 0.6 is 12.2 Å². The molecular weight excluding hydrogens is 468 g/mol. The maximum absolute atomic E-state index is 12.2. The predicted octanol–water partition coefficient (Wildman–Crippen LogP) is 4.21. The summed E-state index contributed by atoms with van der Waals surface area (Å²) in [5.41, 5.74) is 2.27. The first-order valence-corrected chi connectivity index (χ1v) is 11.4. The van der Waals surface area contributed by atoms with E-state index >= 15 is 0 Å². The van der Waals surface area contributed by atoms with Crippen LogP contribution in [-0.2, 0) is 16.1 Å². The molecule has 0 atom stereocenters. The van der Waals surface area contributed by atoms with E-state index in [-0.39, 0.29) is 10.8 Å². The number of anilines is 1. The SMILES string of the molecule is O=C(C=Cc1ccc(-c2ccccc2[N+](=O)[O-])o1)NC(=S)Nc1ccc(CN2CCOCC2)cc1. The first-order chi connectivity index (χ1) is 17.0. The highest BCUT2D eigenvalue weighted by Gasteiger charge is 2.17. The van der Waals surface area contributed by atoms with Gasteiger partial charge in [0.15, 0.2) is 5.11 Å². The Balaban J connectivity index is 1.28. The van der Waals surface area contributed by atoms with Gasteiger partial charge in [0.25, 0.3) is 5.69 Å². The topological polar surface area (TPSA) is 110 Å². The zero-order chi connectivity index (χ0) is 24.6. The Hall–Kier alpha value is -3.86. The number of hydrogen-bond acceptors (Lipinski definition) is 7. The molecule has 0 unspecified atom stereocenters. The molecule has 2 aromatic carbocycles. The van der Waals surface area contributed by atoms with Crippen LogP contribution in [0.2, 0.25) is 0 Å². The Morgan fingerprint density at radius 3 is 2.57 bits per heavy atom. The highest BCUT2D eigenvalue weighted by Crippen LogP contribution is 2.31. The molecule has 180 valence electrons. The lowest BCUT2D eigenvalue weighted by Crippen LogP contribution is -2.35. The number of carbonyl (C=O) groups excluding carboxylic acids is 1. The van der Waals surface area contributed by atoms with Gasteiger partial charge in [-0.05, 0) is 54.2 Å². The molecular formula is C25H24N4O5S. The van der Waals surface area contributed by atoms with Gasteiger partial charge in [0, 0.05) is 37.5 Å². The van der Waals surface area contributed by atoms with E-state index in [0.29, 0.717) is 17.1 Å². The summed E-state index contributed by atoms with van der Waals surface area (Å²) < 4.78 is 11.0. The fourth-order valence-electron chi connectivity index (χ4n) is 3.61. The first kappa shape index (κ1) is 24.3. The molecule has 1 fully saturated rings. The number of furan rings is 1. The predicted molar refractivity (Wildman–Crippen MR) is 137 cm³/mol. The van der Waals surface area contributed by atoms with Gasteiger partial charge in [0.1, 0.15) is 11.5 Å². The molecule has 35 heavy (non-hydrogen) atoms. The van der Waals surface area contributed by atoms with Gasteiger partial charge in [-0.25, -0.2) is 0 Å². The maximum Gasteiger partial charge on any atom is 0.280 e. The average Bonchev–Trinajstić information content (AvgIpc) is 3.33. The van der Waals surface area contributed by atoms with Crippen molar-refractivity contribution in [3.63, 3.8) is 0 Å². The molecule has 3 aromatic rings. The Kier molecular flexibility index (Phi) is 7.99. The quantitative estimate of drug-likeness (QED) is 0.218.